The summed E-state index contributed by atoms with van der Waals surface area (Å²) in [7, 11) is 3.99. The van der Waals surface area contributed by atoms with Crippen LogP contribution >= 0.6 is 15.9 Å². The number of anilines is 2. The summed E-state index contributed by atoms with van der Waals surface area (Å²) in [5, 5.41) is 6.70. The van der Waals surface area contributed by atoms with Gasteiger partial charge in [0.05, 0.1) is 0 Å². The summed E-state index contributed by atoms with van der Waals surface area (Å²) in [6, 6.07) is 15.5. The third-order valence-electron chi connectivity index (χ3n) is 5.12. The molecule has 0 unspecified atom stereocenters. The quantitative estimate of drug-likeness (QED) is 0.316. The molecule has 2 N–H and O–H groups in total. The van der Waals surface area contributed by atoms with Crippen LogP contribution in [0.5, 0.6) is 0 Å². The highest BCUT2D eigenvalue weighted by Gasteiger charge is 2.19. The van der Waals surface area contributed by atoms with E-state index in [1.807, 2.05) is 44.4 Å². The fourth-order valence-electron chi connectivity index (χ4n) is 3.43. The molecular weight excluding hydrogens is 499 g/mol. The molecule has 0 radical (unpaired) electrons. The van der Waals surface area contributed by atoms with Crippen molar-refractivity contribution in [3.8, 4) is 11.1 Å². The number of rotatable bonds is 8. The summed E-state index contributed by atoms with van der Waals surface area (Å²) in [4.78, 5) is 28.7. The van der Waals surface area contributed by atoms with Gasteiger partial charge in [0.2, 0.25) is 5.95 Å². The number of carbonyl (C=O) groups excluding carboxylic acids is 1. The van der Waals surface area contributed by atoms with Gasteiger partial charge in [-0.05, 0) is 69.0 Å². The molecule has 2 aromatic carbocycles. The van der Waals surface area contributed by atoms with Crippen LogP contribution in [0.25, 0.3) is 22.2 Å². The van der Waals surface area contributed by atoms with Crippen molar-refractivity contribution >= 4 is 44.5 Å². The number of aromatic nitrogens is 3. The molecule has 9 heteroatoms. The Bertz CT molecular complexity index is 1310. The van der Waals surface area contributed by atoms with Crippen molar-refractivity contribution in [3.63, 3.8) is 0 Å². The van der Waals surface area contributed by atoms with E-state index in [1.54, 1.807) is 18.3 Å². The van der Waals surface area contributed by atoms with Gasteiger partial charge in [0.25, 0.3) is 5.91 Å². The van der Waals surface area contributed by atoms with E-state index in [9.17, 15) is 9.18 Å². The lowest BCUT2D eigenvalue weighted by Crippen LogP contribution is -2.28. The molecule has 0 bridgehead atoms. The molecule has 0 spiro atoms. The van der Waals surface area contributed by atoms with Gasteiger partial charge in [0.1, 0.15) is 11.5 Å². The summed E-state index contributed by atoms with van der Waals surface area (Å²) >= 11 is 3.58. The molecule has 2 aromatic heterocycles. The molecule has 7 nitrogen and oxygen atoms in total. The lowest BCUT2D eigenvalue weighted by atomic mass is 10.0. The second kappa shape index (κ2) is 10.7. The van der Waals surface area contributed by atoms with E-state index < -0.39 is 0 Å². The number of pyridine rings is 1. The van der Waals surface area contributed by atoms with Gasteiger partial charge in [0, 0.05) is 33.9 Å². The minimum absolute atomic E-state index is 0.266. The van der Waals surface area contributed by atoms with E-state index in [4.69, 9.17) is 0 Å². The first-order chi connectivity index (χ1) is 16.4. The van der Waals surface area contributed by atoms with Crippen LogP contribution in [0.2, 0.25) is 0 Å². The van der Waals surface area contributed by atoms with Crippen molar-refractivity contribution in [2.75, 3.05) is 32.5 Å². The zero-order chi connectivity index (χ0) is 24.1. The molecule has 4 aromatic rings. The molecule has 174 valence electrons. The van der Waals surface area contributed by atoms with Crippen LogP contribution in [0.15, 0.2) is 65.3 Å². The van der Waals surface area contributed by atoms with Crippen LogP contribution in [-0.2, 0) is 0 Å². The number of benzene rings is 2. The van der Waals surface area contributed by atoms with Gasteiger partial charge in [-0.2, -0.15) is 4.98 Å². The van der Waals surface area contributed by atoms with Crippen molar-refractivity contribution in [1.29, 1.82) is 0 Å². The zero-order valence-corrected chi connectivity index (χ0v) is 20.4. The maximum atomic E-state index is 13.2. The maximum absolute atomic E-state index is 13.2. The first-order valence-electron chi connectivity index (χ1n) is 10.8. The maximum Gasteiger partial charge on any atom is 0.270 e. The van der Waals surface area contributed by atoms with E-state index >= 15 is 0 Å². The van der Waals surface area contributed by atoms with Gasteiger partial charge >= 0.3 is 0 Å². The summed E-state index contributed by atoms with van der Waals surface area (Å²) in [5.74, 6) is -0.289. The van der Waals surface area contributed by atoms with Gasteiger partial charge in [-0.3, -0.25) is 4.79 Å². The molecule has 0 atom stereocenters. The van der Waals surface area contributed by atoms with E-state index in [2.05, 4.69) is 46.4 Å². The SMILES string of the molecule is CN(C)CCCNC(=O)c1nc2nc(Nc3ccc(F)cc3)ncc2cc1-c1ccccc1Br. The predicted octanol–water partition coefficient (Wildman–Crippen LogP) is 5.02. The molecule has 0 aliphatic carbocycles. The molecule has 0 aliphatic heterocycles. The first-order valence-corrected chi connectivity index (χ1v) is 11.6. The summed E-state index contributed by atoms with van der Waals surface area (Å²) in [6.45, 7) is 1.40. The second-order valence-electron chi connectivity index (χ2n) is 8.02. The summed E-state index contributed by atoms with van der Waals surface area (Å²) in [5.41, 5.74) is 2.85. The Morgan fingerprint density at radius 3 is 2.56 bits per heavy atom. The molecular formula is C25H24BrFN6O. The van der Waals surface area contributed by atoms with Gasteiger partial charge in [-0.1, -0.05) is 34.1 Å². The van der Waals surface area contributed by atoms with Crippen molar-refractivity contribution in [1.82, 2.24) is 25.2 Å². The summed E-state index contributed by atoms with van der Waals surface area (Å²) in [6.07, 6.45) is 2.48. The highest BCUT2D eigenvalue weighted by Crippen LogP contribution is 2.32. The van der Waals surface area contributed by atoms with E-state index in [0.717, 1.165) is 23.0 Å². The smallest absolute Gasteiger partial charge is 0.270 e. The van der Waals surface area contributed by atoms with E-state index in [1.165, 1.54) is 12.1 Å². The Balaban J connectivity index is 1.70. The fraction of sp³-hybridized carbons (Fsp3) is 0.200. The number of nitrogens with zero attached hydrogens (tertiary/aromatic N) is 4. The van der Waals surface area contributed by atoms with Crippen molar-refractivity contribution < 1.29 is 9.18 Å². The second-order valence-corrected chi connectivity index (χ2v) is 8.87. The van der Waals surface area contributed by atoms with Crippen LogP contribution in [0.4, 0.5) is 16.0 Å². The summed E-state index contributed by atoms with van der Waals surface area (Å²) < 4.78 is 14.1. The number of nitrogens with one attached hydrogen (secondary N) is 2. The normalized spacial score (nSPS) is 11.1. The fourth-order valence-corrected chi connectivity index (χ4v) is 3.92. The third-order valence-corrected chi connectivity index (χ3v) is 5.81. The van der Waals surface area contributed by atoms with Crippen molar-refractivity contribution in [2.24, 2.45) is 0 Å². The molecule has 0 fully saturated rings. The van der Waals surface area contributed by atoms with Crippen molar-refractivity contribution in [3.05, 3.63) is 76.8 Å². The van der Waals surface area contributed by atoms with Gasteiger partial charge in [-0.25, -0.2) is 14.4 Å². The Labute approximate surface area is 205 Å². The average molecular weight is 523 g/mol. The van der Waals surface area contributed by atoms with Crippen LogP contribution in [0.3, 0.4) is 0 Å². The number of fused-ring (bicyclic) bond motifs is 1. The number of carbonyl (C=O) groups is 1. The van der Waals surface area contributed by atoms with E-state index in [-0.39, 0.29) is 17.4 Å². The lowest BCUT2D eigenvalue weighted by molar-refractivity contribution is 0.0948. The van der Waals surface area contributed by atoms with E-state index in [0.29, 0.717) is 34.8 Å². The largest absolute Gasteiger partial charge is 0.351 e. The number of halogens is 2. The molecule has 1 amide bonds. The number of amides is 1. The van der Waals surface area contributed by atoms with Gasteiger partial charge in [-0.15, -0.1) is 0 Å². The van der Waals surface area contributed by atoms with Crippen LogP contribution in [-0.4, -0.2) is 52.9 Å². The van der Waals surface area contributed by atoms with Crippen molar-refractivity contribution in [2.45, 2.75) is 6.42 Å². The van der Waals surface area contributed by atoms with Crippen LogP contribution in [0, 0.1) is 5.82 Å². The minimum atomic E-state index is -0.326. The molecule has 2 heterocycles. The molecule has 34 heavy (non-hydrogen) atoms. The third kappa shape index (κ3) is 5.73. The standard InChI is InChI=1S/C25H24BrFN6O/c1-33(2)13-5-12-28-24(34)22-20(19-6-3-4-7-21(19)26)14-16-15-29-25(32-23(16)31-22)30-18-10-8-17(27)9-11-18/h3-4,6-11,14-15H,5,12-13H2,1-2H3,(H,28,34)(H,29,30,31,32). The predicted molar refractivity (Wildman–Crippen MR) is 136 cm³/mol. The van der Waals surface area contributed by atoms with Crippen LogP contribution < -0.4 is 10.6 Å². The minimum Gasteiger partial charge on any atom is -0.351 e. The molecule has 0 saturated carbocycles. The first kappa shape index (κ1) is 23.7. The lowest BCUT2D eigenvalue weighted by Gasteiger charge is -2.14. The van der Waals surface area contributed by atoms with Gasteiger partial charge in [0.15, 0.2) is 5.65 Å². The highest BCUT2D eigenvalue weighted by molar-refractivity contribution is 9.10. The molecule has 4 rings (SSSR count). The zero-order valence-electron chi connectivity index (χ0n) is 18.8. The Kier molecular flexibility index (Phi) is 7.44. The Hall–Kier alpha value is -3.43. The molecule has 0 saturated heterocycles. The number of hydrogen-bond donors (Lipinski definition) is 2. The highest BCUT2D eigenvalue weighted by atomic mass is 79.9. The van der Waals surface area contributed by atoms with Gasteiger partial charge < -0.3 is 15.5 Å². The average Bonchev–Trinajstić information content (AvgIpc) is 2.82. The Morgan fingerprint density at radius 1 is 1.06 bits per heavy atom. The molecule has 0 aliphatic rings. The monoisotopic (exact) mass is 522 g/mol. The number of hydrogen-bond acceptors (Lipinski definition) is 6. The van der Waals surface area contributed by atoms with Crippen LogP contribution in [0.1, 0.15) is 16.9 Å². The topological polar surface area (TPSA) is 83.0 Å². The Morgan fingerprint density at radius 2 is 1.82 bits per heavy atom.